The highest BCUT2D eigenvalue weighted by molar-refractivity contribution is 6.16. The smallest absolute Gasteiger partial charge is 0.240 e. The van der Waals surface area contributed by atoms with E-state index in [-0.39, 0.29) is 24.3 Å². The summed E-state index contributed by atoms with van der Waals surface area (Å²) in [5.41, 5.74) is 4.35. The lowest BCUT2D eigenvalue weighted by molar-refractivity contribution is -0.122. The van der Waals surface area contributed by atoms with Crippen LogP contribution in [0.4, 0.5) is 0 Å². The maximum absolute atomic E-state index is 13.2. The zero-order chi connectivity index (χ0) is 22.1. The molecule has 0 saturated carbocycles. The standard InChI is InChI=1S/C26H23N3O3/c1-32-19-9-6-18(7-10-19)26(31)22-15-29(24-14-27-13-12-21(22)24)16-25(30)28-23-11-8-17-4-2-3-5-20(17)23/h2-7,9-10,12-15,23H,8,11,16H2,1H3,(H,28,30)/t23-/m1/s1. The van der Waals surface area contributed by atoms with Crippen molar-refractivity contribution in [2.45, 2.75) is 25.4 Å². The fourth-order valence-electron chi connectivity index (χ4n) is 4.45. The summed E-state index contributed by atoms with van der Waals surface area (Å²) < 4.78 is 6.98. The van der Waals surface area contributed by atoms with E-state index in [1.165, 1.54) is 11.1 Å². The van der Waals surface area contributed by atoms with Crippen molar-refractivity contribution in [1.82, 2.24) is 14.9 Å². The minimum atomic E-state index is -0.104. The van der Waals surface area contributed by atoms with Gasteiger partial charge in [0.2, 0.25) is 5.91 Å². The number of hydrogen-bond acceptors (Lipinski definition) is 4. The van der Waals surface area contributed by atoms with Crippen molar-refractivity contribution < 1.29 is 14.3 Å². The maximum atomic E-state index is 13.2. The Balaban J connectivity index is 1.40. The highest BCUT2D eigenvalue weighted by Gasteiger charge is 2.24. The summed E-state index contributed by atoms with van der Waals surface area (Å²) in [6.45, 7) is 0.122. The first kappa shape index (κ1) is 20.0. The zero-order valence-electron chi connectivity index (χ0n) is 17.7. The molecule has 0 unspecified atom stereocenters. The largest absolute Gasteiger partial charge is 0.497 e. The summed E-state index contributed by atoms with van der Waals surface area (Å²) in [5, 5.41) is 3.93. The van der Waals surface area contributed by atoms with E-state index in [2.05, 4.69) is 22.4 Å². The molecule has 0 fully saturated rings. The molecule has 2 aromatic carbocycles. The number of carbonyl (C=O) groups excluding carboxylic acids is 2. The second-order valence-electron chi connectivity index (χ2n) is 7.98. The summed E-state index contributed by atoms with van der Waals surface area (Å²) in [5.74, 6) is 0.502. The molecule has 6 nitrogen and oxygen atoms in total. The van der Waals surface area contributed by atoms with Gasteiger partial charge in [-0.15, -0.1) is 0 Å². The number of pyridine rings is 1. The van der Waals surface area contributed by atoms with Crippen LogP contribution in [0.3, 0.4) is 0 Å². The number of hydrogen-bond donors (Lipinski definition) is 1. The number of aryl methyl sites for hydroxylation is 1. The quantitative estimate of drug-likeness (QED) is 0.473. The van der Waals surface area contributed by atoms with Gasteiger partial charge >= 0.3 is 0 Å². The van der Waals surface area contributed by atoms with E-state index in [4.69, 9.17) is 4.74 Å². The van der Waals surface area contributed by atoms with Gasteiger partial charge in [0.05, 0.1) is 24.9 Å². The number of amides is 1. The molecular formula is C26H23N3O3. The average Bonchev–Trinajstić information content (AvgIpc) is 3.40. The molecule has 4 aromatic rings. The van der Waals surface area contributed by atoms with Gasteiger partial charge in [0.25, 0.3) is 0 Å². The van der Waals surface area contributed by atoms with Crippen LogP contribution >= 0.6 is 0 Å². The van der Waals surface area contributed by atoms with Crippen molar-refractivity contribution in [3.05, 3.63) is 95.4 Å². The monoisotopic (exact) mass is 425 g/mol. The Hall–Kier alpha value is -3.93. The Morgan fingerprint density at radius 3 is 2.75 bits per heavy atom. The van der Waals surface area contributed by atoms with Gasteiger partial charge in [0.15, 0.2) is 5.78 Å². The number of rotatable bonds is 6. The third-order valence-electron chi connectivity index (χ3n) is 6.06. The fourth-order valence-corrected chi connectivity index (χ4v) is 4.45. The molecule has 0 aliphatic heterocycles. The SMILES string of the molecule is COc1ccc(C(=O)c2cn(CC(=O)N[C@@H]3CCc4ccccc43)c3cnccc23)cc1. The molecule has 1 aliphatic rings. The lowest BCUT2D eigenvalue weighted by Gasteiger charge is -2.14. The van der Waals surface area contributed by atoms with Crippen molar-refractivity contribution >= 4 is 22.6 Å². The number of nitrogens with zero attached hydrogens (tertiary/aromatic N) is 2. The van der Waals surface area contributed by atoms with Crippen LogP contribution in [0, 0.1) is 0 Å². The van der Waals surface area contributed by atoms with Gasteiger partial charge in [-0.05, 0) is 54.3 Å². The maximum Gasteiger partial charge on any atom is 0.240 e. The van der Waals surface area contributed by atoms with Gasteiger partial charge in [-0.1, -0.05) is 24.3 Å². The predicted molar refractivity (Wildman–Crippen MR) is 122 cm³/mol. The Morgan fingerprint density at radius 1 is 1.12 bits per heavy atom. The first-order valence-corrected chi connectivity index (χ1v) is 10.6. The summed E-state index contributed by atoms with van der Waals surface area (Å²) in [7, 11) is 1.59. The molecule has 1 N–H and O–H groups in total. The van der Waals surface area contributed by atoms with Crippen LogP contribution in [-0.2, 0) is 17.8 Å². The lowest BCUT2D eigenvalue weighted by Crippen LogP contribution is -2.30. The number of fused-ring (bicyclic) bond motifs is 2. The summed E-state index contributed by atoms with van der Waals surface area (Å²) >= 11 is 0. The molecule has 0 spiro atoms. The summed E-state index contributed by atoms with van der Waals surface area (Å²) in [4.78, 5) is 30.3. The fraction of sp³-hybridized carbons (Fsp3) is 0.192. The van der Waals surface area contributed by atoms with Gasteiger partial charge in [-0.25, -0.2) is 0 Å². The highest BCUT2D eigenvalue weighted by atomic mass is 16.5. The van der Waals surface area contributed by atoms with Crippen LogP contribution in [0.2, 0.25) is 0 Å². The normalized spacial score (nSPS) is 14.8. The molecule has 5 rings (SSSR count). The van der Waals surface area contributed by atoms with Crippen LogP contribution in [0.5, 0.6) is 5.75 Å². The third-order valence-corrected chi connectivity index (χ3v) is 6.06. The molecule has 0 radical (unpaired) electrons. The number of carbonyl (C=O) groups is 2. The molecule has 0 saturated heterocycles. The molecule has 2 heterocycles. The van der Waals surface area contributed by atoms with Crippen LogP contribution in [-0.4, -0.2) is 28.4 Å². The van der Waals surface area contributed by atoms with Crippen molar-refractivity contribution in [2.24, 2.45) is 0 Å². The molecule has 32 heavy (non-hydrogen) atoms. The molecule has 2 aromatic heterocycles. The Kier molecular flexibility index (Phi) is 5.19. The van der Waals surface area contributed by atoms with E-state index < -0.39 is 0 Å². The van der Waals surface area contributed by atoms with Crippen LogP contribution in [0.15, 0.2) is 73.2 Å². The van der Waals surface area contributed by atoms with E-state index in [0.717, 1.165) is 23.7 Å². The minimum absolute atomic E-state index is 0.0269. The van der Waals surface area contributed by atoms with Crippen molar-refractivity contribution in [3.8, 4) is 5.75 Å². The van der Waals surface area contributed by atoms with Crippen LogP contribution in [0.25, 0.3) is 10.9 Å². The number of methoxy groups -OCH3 is 1. The van der Waals surface area contributed by atoms with E-state index in [9.17, 15) is 9.59 Å². The van der Waals surface area contributed by atoms with Gasteiger partial charge < -0.3 is 14.6 Å². The van der Waals surface area contributed by atoms with Crippen LogP contribution < -0.4 is 10.1 Å². The number of benzene rings is 2. The van der Waals surface area contributed by atoms with Gasteiger partial charge in [-0.2, -0.15) is 0 Å². The first-order chi connectivity index (χ1) is 15.6. The Morgan fingerprint density at radius 2 is 1.94 bits per heavy atom. The van der Waals surface area contributed by atoms with Crippen molar-refractivity contribution in [2.75, 3.05) is 7.11 Å². The minimum Gasteiger partial charge on any atom is -0.497 e. The number of aromatic nitrogens is 2. The molecule has 160 valence electrons. The predicted octanol–water partition coefficient (Wildman–Crippen LogP) is 4.08. The molecule has 1 aliphatic carbocycles. The summed E-state index contributed by atoms with van der Waals surface area (Å²) in [6.07, 6.45) is 6.98. The van der Waals surface area contributed by atoms with Gasteiger partial charge in [-0.3, -0.25) is 14.6 Å². The number of nitrogens with one attached hydrogen (secondary N) is 1. The lowest BCUT2D eigenvalue weighted by atomic mass is 10.0. The molecular weight excluding hydrogens is 402 g/mol. The second-order valence-corrected chi connectivity index (χ2v) is 7.98. The Bertz CT molecular complexity index is 1310. The zero-order valence-corrected chi connectivity index (χ0v) is 17.7. The van der Waals surface area contributed by atoms with E-state index in [1.807, 2.05) is 18.2 Å². The average molecular weight is 425 g/mol. The third kappa shape index (κ3) is 3.64. The van der Waals surface area contributed by atoms with Gasteiger partial charge in [0, 0.05) is 28.9 Å². The Labute approximate surface area is 185 Å². The van der Waals surface area contributed by atoms with Crippen molar-refractivity contribution in [3.63, 3.8) is 0 Å². The molecule has 6 heteroatoms. The van der Waals surface area contributed by atoms with E-state index >= 15 is 0 Å². The van der Waals surface area contributed by atoms with E-state index in [1.54, 1.807) is 54.5 Å². The second kappa shape index (κ2) is 8.30. The molecule has 1 atom stereocenters. The molecule has 1 amide bonds. The summed E-state index contributed by atoms with van der Waals surface area (Å²) in [6, 6.07) is 17.1. The highest BCUT2D eigenvalue weighted by Crippen LogP contribution is 2.31. The number of ether oxygens (including phenoxy) is 1. The van der Waals surface area contributed by atoms with E-state index in [0.29, 0.717) is 16.9 Å². The number of ketones is 1. The first-order valence-electron chi connectivity index (χ1n) is 10.6. The molecule has 0 bridgehead atoms. The van der Waals surface area contributed by atoms with Gasteiger partial charge in [0.1, 0.15) is 12.3 Å². The topological polar surface area (TPSA) is 73.2 Å². The van der Waals surface area contributed by atoms with Crippen LogP contribution in [0.1, 0.15) is 39.5 Å². The van der Waals surface area contributed by atoms with Crippen molar-refractivity contribution in [1.29, 1.82) is 0 Å².